The zero-order chi connectivity index (χ0) is 12.3. The Balaban J connectivity index is 2.85. The normalized spacial score (nSPS) is 16.4. The lowest BCUT2D eigenvalue weighted by molar-refractivity contribution is -0.122. The highest BCUT2D eigenvalue weighted by Gasteiger charge is 2.25. The van der Waals surface area contributed by atoms with E-state index in [9.17, 15) is 9.59 Å². The summed E-state index contributed by atoms with van der Waals surface area (Å²) in [6.45, 7) is 7.17. The van der Waals surface area contributed by atoms with Crippen LogP contribution in [0.15, 0.2) is 23.7 Å². The number of carbonyl (C=O) groups is 2. The fourth-order valence-corrected chi connectivity index (χ4v) is 1.24. The maximum absolute atomic E-state index is 11.8. The van der Waals surface area contributed by atoms with Crippen molar-refractivity contribution in [2.24, 2.45) is 0 Å². The third kappa shape index (κ3) is 3.22. The molecule has 0 spiro atoms. The van der Waals surface area contributed by atoms with Gasteiger partial charge < -0.3 is 9.47 Å². The van der Waals surface area contributed by atoms with Crippen molar-refractivity contribution in [1.29, 1.82) is 0 Å². The van der Waals surface area contributed by atoms with Gasteiger partial charge in [-0.25, -0.2) is 0 Å². The zero-order valence-corrected chi connectivity index (χ0v) is 9.94. The molecule has 4 nitrogen and oxygen atoms in total. The Hall–Kier alpha value is -1.58. The summed E-state index contributed by atoms with van der Waals surface area (Å²) in [6.07, 6.45) is 2.08. The number of ketones is 2. The molecule has 0 aliphatic heterocycles. The summed E-state index contributed by atoms with van der Waals surface area (Å²) in [5.74, 6) is -0.552. The molecule has 0 N–H and O–H groups in total. The summed E-state index contributed by atoms with van der Waals surface area (Å²) in [5.41, 5.74) is 0. The lowest BCUT2D eigenvalue weighted by atomic mass is 10.1. The molecule has 0 unspecified atom stereocenters. The van der Waals surface area contributed by atoms with E-state index in [-0.39, 0.29) is 35.3 Å². The fourth-order valence-electron chi connectivity index (χ4n) is 1.24. The van der Waals surface area contributed by atoms with Crippen molar-refractivity contribution >= 4 is 11.6 Å². The van der Waals surface area contributed by atoms with Crippen LogP contribution in [0.1, 0.15) is 27.7 Å². The predicted molar refractivity (Wildman–Crippen MR) is 58.6 cm³/mol. The second-order valence-corrected chi connectivity index (χ2v) is 4.08. The van der Waals surface area contributed by atoms with Crippen LogP contribution in [0.5, 0.6) is 0 Å². The van der Waals surface area contributed by atoms with Crippen LogP contribution in [0.2, 0.25) is 0 Å². The molecule has 0 fully saturated rings. The van der Waals surface area contributed by atoms with Crippen molar-refractivity contribution in [2.75, 3.05) is 0 Å². The molecular formula is C12H16O4. The molecule has 16 heavy (non-hydrogen) atoms. The summed E-state index contributed by atoms with van der Waals surface area (Å²) >= 11 is 0. The number of ether oxygens (including phenoxy) is 2. The van der Waals surface area contributed by atoms with Crippen molar-refractivity contribution in [3.8, 4) is 0 Å². The molecule has 0 aromatic carbocycles. The molecule has 4 heteroatoms. The second-order valence-electron chi connectivity index (χ2n) is 4.08. The zero-order valence-electron chi connectivity index (χ0n) is 9.94. The van der Waals surface area contributed by atoms with Gasteiger partial charge in [0.1, 0.15) is 0 Å². The average molecular weight is 224 g/mol. The lowest BCUT2D eigenvalue weighted by Gasteiger charge is -2.18. The monoisotopic (exact) mass is 224 g/mol. The molecule has 0 radical (unpaired) electrons. The van der Waals surface area contributed by atoms with Crippen LogP contribution < -0.4 is 0 Å². The molecule has 0 bridgehead atoms. The lowest BCUT2D eigenvalue weighted by Crippen LogP contribution is -2.22. The Morgan fingerprint density at radius 3 is 1.56 bits per heavy atom. The van der Waals surface area contributed by atoms with Gasteiger partial charge in [0.15, 0.2) is 17.3 Å². The molecule has 0 aromatic rings. The molecule has 0 amide bonds. The molecule has 0 saturated heterocycles. The summed E-state index contributed by atoms with van der Waals surface area (Å²) in [6, 6.07) is 0. The highest BCUT2D eigenvalue weighted by atomic mass is 16.5. The van der Waals surface area contributed by atoms with Gasteiger partial charge in [-0.2, -0.15) is 0 Å². The molecular weight excluding hydrogens is 208 g/mol. The second kappa shape index (κ2) is 4.96. The van der Waals surface area contributed by atoms with Crippen LogP contribution >= 0.6 is 0 Å². The largest absolute Gasteiger partial charge is 0.487 e. The summed E-state index contributed by atoms with van der Waals surface area (Å²) in [7, 11) is 0. The van der Waals surface area contributed by atoms with Crippen LogP contribution in [0.25, 0.3) is 0 Å². The topological polar surface area (TPSA) is 52.6 Å². The Labute approximate surface area is 94.9 Å². The molecule has 1 rings (SSSR count). The SMILES string of the molecule is CC(C)OC1=CC(=O)C=C(OC(C)C)C1=O. The first-order valence-corrected chi connectivity index (χ1v) is 5.25. The Morgan fingerprint density at radius 1 is 0.875 bits per heavy atom. The maximum Gasteiger partial charge on any atom is 0.262 e. The number of hydrogen-bond acceptors (Lipinski definition) is 4. The first-order valence-electron chi connectivity index (χ1n) is 5.25. The van der Waals surface area contributed by atoms with Gasteiger partial charge in [-0.05, 0) is 27.7 Å². The number of allylic oxidation sites excluding steroid dienone is 2. The Bertz CT molecular complexity index is 329. The number of hydrogen-bond donors (Lipinski definition) is 0. The van der Waals surface area contributed by atoms with Crippen molar-refractivity contribution in [1.82, 2.24) is 0 Å². The van der Waals surface area contributed by atoms with Gasteiger partial charge in [-0.15, -0.1) is 0 Å². The highest BCUT2D eigenvalue weighted by Crippen LogP contribution is 2.17. The van der Waals surface area contributed by atoms with E-state index in [1.807, 2.05) is 0 Å². The fraction of sp³-hybridized carbons (Fsp3) is 0.500. The van der Waals surface area contributed by atoms with Crippen LogP contribution in [0.4, 0.5) is 0 Å². The third-order valence-corrected chi connectivity index (χ3v) is 1.72. The highest BCUT2D eigenvalue weighted by molar-refractivity contribution is 6.18. The van der Waals surface area contributed by atoms with Gasteiger partial charge in [0, 0.05) is 12.2 Å². The predicted octanol–water partition coefficient (Wildman–Crippen LogP) is 1.76. The van der Waals surface area contributed by atoms with E-state index in [2.05, 4.69) is 0 Å². The molecule has 0 saturated carbocycles. The minimum atomic E-state index is -0.373. The van der Waals surface area contributed by atoms with Crippen LogP contribution in [0, 0.1) is 0 Å². The third-order valence-electron chi connectivity index (χ3n) is 1.72. The van der Waals surface area contributed by atoms with Gasteiger partial charge >= 0.3 is 0 Å². The molecule has 0 heterocycles. The van der Waals surface area contributed by atoms with Gasteiger partial charge in [-0.1, -0.05) is 0 Å². The maximum atomic E-state index is 11.8. The van der Waals surface area contributed by atoms with E-state index in [1.54, 1.807) is 27.7 Å². The first-order chi connectivity index (χ1) is 7.40. The minimum Gasteiger partial charge on any atom is -0.487 e. The summed E-state index contributed by atoms with van der Waals surface area (Å²) in [5, 5.41) is 0. The van der Waals surface area contributed by atoms with Crippen LogP contribution in [0.3, 0.4) is 0 Å². The standard InChI is InChI=1S/C12H16O4/c1-7(2)15-10-5-9(13)6-11(12(10)14)16-8(3)4/h5-8H,1-4H3. The van der Waals surface area contributed by atoms with Gasteiger partial charge in [0.2, 0.25) is 0 Å². The Morgan fingerprint density at radius 2 is 1.25 bits per heavy atom. The quantitative estimate of drug-likeness (QED) is 0.683. The van der Waals surface area contributed by atoms with Gasteiger partial charge in [0.05, 0.1) is 12.2 Å². The van der Waals surface area contributed by atoms with Crippen LogP contribution in [-0.4, -0.2) is 23.8 Å². The molecule has 0 atom stereocenters. The smallest absolute Gasteiger partial charge is 0.262 e. The first kappa shape index (κ1) is 12.5. The van der Waals surface area contributed by atoms with E-state index in [1.165, 1.54) is 12.2 Å². The molecule has 1 aliphatic rings. The van der Waals surface area contributed by atoms with Crippen molar-refractivity contribution in [3.63, 3.8) is 0 Å². The minimum absolute atomic E-state index is 0.0538. The number of Topliss-reactive ketones (excluding diaryl/α,β-unsaturated/α-hetero) is 1. The van der Waals surface area contributed by atoms with Crippen molar-refractivity contribution < 1.29 is 19.1 Å². The number of rotatable bonds is 4. The van der Waals surface area contributed by atoms with Gasteiger partial charge in [-0.3, -0.25) is 9.59 Å². The van der Waals surface area contributed by atoms with E-state index < -0.39 is 0 Å². The Kier molecular flexibility index (Phi) is 3.88. The molecule has 1 aliphatic carbocycles. The molecule has 0 aromatic heterocycles. The average Bonchev–Trinajstić information content (AvgIpc) is 2.11. The number of carbonyl (C=O) groups excluding carboxylic acids is 2. The van der Waals surface area contributed by atoms with Gasteiger partial charge in [0.25, 0.3) is 5.78 Å². The van der Waals surface area contributed by atoms with Crippen molar-refractivity contribution in [3.05, 3.63) is 23.7 Å². The summed E-state index contributed by atoms with van der Waals surface area (Å²) < 4.78 is 10.5. The van der Waals surface area contributed by atoms with Crippen LogP contribution in [-0.2, 0) is 19.1 Å². The van der Waals surface area contributed by atoms with E-state index in [0.29, 0.717) is 0 Å². The van der Waals surface area contributed by atoms with E-state index in [4.69, 9.17) is 9.47 Å². The molecule has 88 valence electrons. The van der Waals surface area contributed by atoms with E-state index >= 15 is 0 Å². The van der Waals surface area contributed by atoms with Crippen molar-refractivity contribution in [2.45, 2.75) is 39.9 Å². The van der Waals surface area contributed by atoms with E-state index in [0.717, 1.165) is 0 Å². The summed E-state index contributed by atoms with van der Waals surface area (Å²) in [4.78, 5) is 23.1.